The molecule has 0 aromatic heterocycles. The zero-order valence-corrected chi connectivity index (χ0v) is 15.8. The fourth-order valence-electron chi connectivity index (χ4n) is 3.03. The Hall–Kier alpha value is -3.48. The first-order valence-corrected chi connectivity index (χ1v) is 8.99. The molecule has 7 nitrogen and oxygen atoms in total. The smallest absolute Gasteiger partial charge is 0.268 e. The molecule has 0 spiro atoms. The average molecular weight is 378 g/mol. The van der Waals surface area contributed by atoms with Gasteiger partial charge in [0.25, 0.3) is 5.91 Å². The van der Waals surface area contributed by atoms with Crippen molar-refractivity contribution in [2.24, 2.45) is 10.8 Å². The van der Waals surface area contributed by atoms with E-state index in [2.05, 4.69) is 10.4 Å². The van der Waals surface area contributed by atoms with Crippen LogP contribution in [0.1, 0.15) is 35.6 Å². The lowest BCUT2D eigenvalue weighted by atomic mass is 10.0. The third-order valence-corrected chi connectivity index (χ3v) is 4.58. The van der Waals surface area contributed by atoms with Gasteiger partial charge in [-0.05, 0) is 36.6 Å². The second-order valence-electron chi connectivity index (χ2n) is 6.76. The molecule has 2 aromatic carbocycles. The van der Waals surface area contributed by atoms with Gasteiger partial charge in [0.15, 0.2) is 0 Å². The third-order valence-electron chi connectivity index (χ3n) is 4.58. The van der Waals surface area contributed by atoms with Crippen LogP contribution in [-0.2, 0) is 14.4 Å². The number of primary amides is 1. The summed E-state index contributed by atoms with van der Waals surface area (Å²) in [6, 6.07) is 13.5. The number of carbonyl (C=O) groups excluding carboxylic acids is 3. The maximum atomic E-state index is 12.7. The highest BCUT2D eigenvalue weighted by atomic mass is 16.2. The van der Waals surface area contributed by atoms with E-state index >= 15 is 0 Å². The van der Waals surface area contributed by atoms with E-state index in [1.54, 1.807) is 24.3 Å². The number of hydrogen-bond donors (Lipinski definition) is 2. The summed E-state index contributed by atoms with van der Waals surface area (Å²) in [6.07, 6.45) is 0.360. The lowest BCUT2D eigenvalue weighted by Gasteiger charge is -2.25. The number of nitrogens with one attached hydrogen (secondary N) is 1. The van der Waals surface area contributed by atoms with Crippen molar-refractivity contribution < 1.29 is 14.4 Å². The van der Waals surface area contributed by atoms with Crippen molar-refractivity contribution in [2.75, 3.05) is 5.01 Å². The predicted octanol–water partition coefficient (Wildman–Crippen LogP) is 2.13. The highest BCUT2D eigenvalue weighted by molar-refractivity contribution is 6.40. The normalized spacial score (nSPS) is 15.0. The lowest BCUT2D eigenvalue weighted by Crippen LogP contribution is -2.43. The number of amides is 3. The van der Waals surface area contributed by atoms with Gasteiger partial charge in [-0.1, -0.05) is 42.5 Å². The molecule has 0 aliphatic carbocycles. The van der Waals surface area contributed by atoms with Crippen LogP contribution in [0.15, 0.2) is 53.6 Å². The quantitative estimate of drug-likeness (QED) is 0.832. The predicted molar refractivity (Wildman–Crippen MR) is 107 cm³/mol. The maximum Gasteiger partial charge on any atom is 0.268 e. The summed E-state index contributed by atoms with van der Waals surface area (Å²) in [5, 5.41) is 8.18. The van der Waals surface area contributed by atoms with Crippen molar-refractivity contribution in [2.45, 2.75) is 32.7 Å². The van der Waals surface area contributed by atoms with Gasteiger partial charge in [-0.3, -0.25) is 14.4 Å². The zero-order valence-electron chi connectivity index (χ0n) is 15.8. The van der Waals surface area contributed by atoms with Gasteiger partial charge < -0.3 is 11.1 Å². The summed E-state index contributed by atoms with van der Waals surface area (Å²) < 4.78 is 0. The number of rotatable bonds is 5. The SMILES string of the molecule is Cc1ccc(C)c(N2N=C(C(=O)NC(C(N)=O)c3ccccc3)CCC2=O)c1. The Kier molecular flexibility index (Phi) is 5.54. The van der Waals surface area contributed by atoms with Gasteiger partial charge in [-0.25, -0.2) is 5.01 Å². The first-order chi connectivity index (χ1) is 13.4. The highest BCUT2D eigenvalue weighted by Crippen LogP contribution is 2.25. The molecule has 1 unspecified atom stereocenters. The molecule has 0 saturated carbocycles. The summed E-state index contributed by atoms with van der Waals surface area (Å²) in [6.45, 7) is 3.80. The van der Waals surface area contributed by atoms with E-state index in [-0.39, 0.29) is 24.5 Å². The standard InChI is InChI=1S/C21H22N4O3/c1-13-8-9-14(2)17(12-13)25-18(26)11-10-16(24-25)21(28)23-19(20(22)27)15-6-4-3-5-7-15/h3-9,12,19H,10-11H2,1-2H3,(H2,22,27)(H,23,28). The molecule has 0 fully saturated rings. The van der Waals surface area contributed by atoms with E-state index in [1.165, 1.54) is 5.01 Å². The van der Waals surface area contributed by atoms with Crippen LogP contribution in [0.3, 0.4) is 0 Å². The number of carbonyl (C=O) groups is 3. The molecule has 3 amide bonds. The fourth-order valence-corrected chi connectivity index (χ4v) is 3.03. The van der Waals surface area contributed by atoms with E-state index in [0.717, 1.165) is 11.1 Å². The van der Waals surface area contributed by atoms with Gasteiger partial charge in [-0.2, -0.15) is 5.10 Å². The van der Waals surface area contributed by atoms with Crippen LogP contribution in [-0.4, -0.2) is 23.4 Å². The maximum absolute atomic E-state index is 12.7. The van der Waals surface area contributed by atoms with E-state index in [4.69, 9.17) is 5.73 Å². The summed E-state index contributed by atoms with van der Waals surface area (Å²) >= 11 is 0. The van der Waals surface area contributed by atoms with Gasteiger partial charge in [0.2, 0.25) is 11.8 Å². The molecule has 1 aliphatic heterocycles. The van der Waals surface area contributed by atoms with Crippen LogP contribution in [0.2, 0.25) is 0 Å². The van der Waals surface area contributed by atoms with Gasteiger partial charge in [-0.15, -0.1) is 0 Å². The Balaban J connectivity index is 1.87. The topological polar surface area (TPSA) is 105 Å². The minimum Gasteiger partial charge on any atom is -0.368 e. The molecule has 3 rings (SSSR count). The first kappa shape index (κ1) is 19.3. The van der Waals surface area contributed by atoms with Gasteiger partial charge in [0.1, 0.15) is 11.8 Å². The Morgan fingerprint density at radius 2 is 1.82 bits per heavy atom. The van der Waals surface area contributed by atoms with E-state index < -0.39 is 17.9 Å². The van der Waals surface area contributed by atoms with Crippen molar-refractivity contribution in [3.8, 4) is 0 Å². The summed E-state index contributed by atoms with van der Waals surface area (Å²) in [5.74, 6) is -1.37. The summed E-state index contributed by atoms with van der Waals surface area (Å²) in [4.78, 5) is 37.0. The molecule has 0 bridgehead atoms. The molecule has 2 aromatic rings. The molecular weight excluding hydrogens is 356 g/mol. The van der Waals surface area contributed by atoms with Gasteiger partial charge in [0, 0.05) is 12.8 Å². The highest BCUT2D eigenvalue weighted by Gasteiger charge is 2.29. The third kappa shape index (κ3) is 4.09. The second-order valence-corrected chi connectivity index (χ2v) is 6.76. The Morgan fingerprint density at radius 1 is 1.11 bits per heavy atom. The van der Waals surface area contributed by atoms with Gasteiger partial charge >= 0.3 is 0 Å². The molecule has 0 radical (unpaired) electrons. The number of anilines is 1. The second kappa shape index (κ2) is 8.04. The average Bonchev–Trinajstić information content (AvgIpc) is 2.68. The largest absolute Gasteiger partial charge is 0.368 e. The Morgan fingerprint density at radius 3 is 2.50 bits per heavy atom. The van der Waals surface area contributed by atoms with Crippen molar-refractivity contribution in [1.29, 1.82) is 0 Å². The molecule has 7 heteroatoms. The van der Waals surface area contributed by atoms with Crippen LogP contribution in [0.5, 0.6) is 0 Å². The molecule has 0 saturated heterocycles. The van der Waals surface area contributed by atoms with Gasteiger partial charge in [0.05, 0.1) is 5.69 Å². The molecule has 28 heavy (non-hydrogen) atoms. The lowest BCUT2D eigenvalue weighted by molar-refractivity contribution is -0.124. The number of benzene rings is 2. The van der Waals surface area contributed by atoms with Crippen molar-refractivity contribution in [3.05, 3.63) is 65.2 Å². The molecular formula is C21H22N4O3. The van der Waals surface area contributed by atoms with Crippen LogP contribution in [0, 0.1) is 13.8 Å². The summed E-state index contributed by atoms with van der Waals surface area (Å²) in [7, 11) is 0. The molecule has 1 atom stereocenters. The minimum atomic E-state index is -0.969. The van der Waals surface area contributed by atoms with Crippen LogP contribution < -0.4 is 16.1 Å². The van der Waals surface area contributed by atoms with Crippen LogP contribution in [0.25, 0.3) is 0 Å². The van der Waals surface area contributed by atoms with E-state index in [1.807, 2.05) is 38.1 Å². The molecule has 3 N–H and O–H groups in total. The van der Waals surface area contributed by atoms with Crippen molar-refractivity contribution in [3.63, 3.8) is 0 Å². The van der Waals surface area contributed by atoms with E-state index in [0.29, 0.717) is 11.3 Å². The zero-order chi connectivity index (χ0) is 20.3. The molecule has 144 valence electrons. The van der Waals surface area contributed by atoms with E-state index in [9.17, 15) is 14.4 Å². The number of aryl methyl sites for hydroxylation is 2. The molecule has 1 aliphatic rings. The minimum absolute atomic E-state index is 0.159. The monoisotopic (exact) mass is 378 g/mol. The van der Waals surface area contributed by atoms with Crippen LogP contribution in [0.4, 0.5) is 5.69 Å². The number of hydrazone groups is 1. The Labute approximate surface area is 163 Å². The number of nitrogens with zero attached hydrogens (tertiary/aromatic N) is 2. The fraction of sp³-hybridized carbons (Fsp3) is 0.238. The summed E-state index contributed by atoms with van der Waals surface area (Å²) in [5.41, 5.74) is 8.74. The van der Waals surface area contributed by atoms with Crippen molar-refractivity contribution >= 4 is 29.1 Å². The Bertz CT molecular complexity index is 953. The van der Waals surface area contributed by atoms with Crippen molar-refractivity contribution in [1.82, 2.24) is 5.32 Å². The first-order valence-electron chi connectivity index (χ1n) is 8.99. The molecule has 1 heterocycles. The number of hydrogen-bond acceptors (Lipinski definition) is 4. The van der Waals surface area contributed by atoms with Crippen LogP contribution >= 0.6 is 0 Å². The number of nitrogens with two attached hydrogens (primary N) is 1.